The smallest absolute Gasteiger partial charge is 0.246 e. The fourth-order valence-electron chi connectivity index (χ4n) is 2.99. The second-order valence-electron chi connectivity index (χ2n) is 5.59. The molecule has 1 atom stereocenters. The second kappa shape index (κ2) is 6.49. The van der Waals surface area contributed by atoms with Crippen LogP contribution < -0.4 is 0 Å². The first-order valence-electron chi connectivity index (χ1n) is 7.43. The van der Waals surface area contributed by atoms with Crippen molar-refractivity contribution in [3.8, 4) is 0 Å². The van der Waals surface area contributed by atoms with Crippen LogP contribution in [0.1, 0.15) is 29.2 Å². The number of hydrogen-bond acceptors (Lipinski definition) is 1. The normalized spacial score (nSPS) is 16.7. The van der Waals surface area contributed by atoms with Crippen LogP contribution in [-0.2, 0) is 11.2 Å². The van der Waals surface area contributed by atoms with E-state index in [-0.39, 0.29) is 11.9 Å². The van der Waals surface area contributed by atoms with E-state index in [9.17, 15) is 4.79 Å². The van der Waals surface area contributed by atoms with Gasteiger partial charge in [-0.25, -0.2) is 0 Å². The molecule has 0 fully saturated rings. The molecule has 0 saturated carbocycles. The molecule has 2 aromatic carbocycles. The molecule has 0 aliphatic heterocycles. The molecule has 3 heteroatoms. The van der Waals surface area contributed by atoms with Gasteiger partial charge >= 0.3 is 0 Å². The van der Waals surface area contributed by atoms with Gasteiger partial charge in [0.2, 0.25) is 5.91 Å². The van der Waals surface area contributed by atoms with E-state index in [0.29, 0.717) is 0 Å². The Kier molecular flexibility index (Phi) is 4.44. The predicted molar refractivity (Wildman–Crippen MR) is 93.5 cm³/mol. The van der Waals surface area contributed by atoms with Gasteiger partial charge in [0.15, 0.2) is 0 Å². The van der Waals surface area contributed by atoms with Crippen LogP contribution in [0.2, 0.25) is 0 Å². The summed E-state index contributed by atoms with van der Waals surface area (Å²) >= 11 is 3.44. The van der Waals surface area contributed by atoms with Crippen molar-refractivity contribution in [2.45, 2.75) is 18.9 Å². The zero-order valence-electron chi connectivity index (χ0n) is 12.5. The van der Waals surface area contributed by atoms with Crippen LogP contribution in [0.25, 0.3) is 6.08 Å². The van der Waals surface area contributed by atoms with Crippen molar-refractivity contribution in [1.29, 1.82) is 0 Å². The Morgan fingerprint density at radius 1 is 1.23 bits per heavy atom. The number of fused-ring (bicyclic) bond motifs is 1. The second-order valence-corrected chi connectivity index (χ2v) is 6.51. The molecule has 112 valence electrons. The number of halogens is 1. The third-order valence-electron chi connectivity index (χ3n) is 4.18. The molecule has 1 amide bonds. The number of amides is 1. The van der Waals surface area contributed by atoms with Gasteiger partial charge in [-0.3, -0.25) is 4.79 Å². The number of carbonyl (C=O) groups excluding carboxylic acids is 1. The first-order chi connectivity index (χ1) is 10.6. The van der Waals surface area contributed by atoms with E-state index < -0.39 is 0 Å². The summed E-state index contributed by atoms with van der Waals surface area (Å²) in [6, 6.07) is 16.5. The van der Waals surface area contributed by atoms with Crippen LogP contribution in [0.15, 0.2) is 59.1 Å². The molecule has 0 spiro atoms. The van der Waals surface area contributed by atoms with Crippen molar-refractivity contribution in [3.63, 3.8) is 0 Å². The van der Waals surface area contributed by atoms with Gasteiger partial charge in [-0.15, -0.1) is 0 Å². The summed E-state index contributed by atoms with van der Waals surface area (Å²) in [5, 5.41) is 0. The van der Waals surface area contributed by atoms with Crippen LogP contribution >= 0.6 is 15.9 Å². The molecular formula is C19H18BrNO. The summed E-state index contributed by atoms with van der Waals surface area (Å²) < 4.78 is 1.01. The molecule has 0 saturated heterocycles. The zero-order chi connectivity index (χ0) is 15.5. The summed E-state index contributed by atoms with van der Waals surface area (Å²) in [6.07, 6.45) is 5.58. The van der Waals surface area contributed by atoms with E-state index in [1.807, 2.05) is 48.4 Å². The number of hydrogen-bond donors (Lipinski definition) is 0. The first-order valence-corrected chi connectivity index (χ1v) is 8.23. The minimum Gasteiger partial charge on any atom is -0.335 e. The van der Waals surface area contributed by atoms with E-state index >= 15 is 0 Å². The van der Waals surface area contributed by atoms with Gasteiger partial charge in [0.25, 0.3) is 0 Å². The SMILES string of the molecule is CN(C(=O)/C=C/c1cccc(Br)c1)C1CCc2ccccc21. The van der Waals surface area contributed by atoms with E-state index in [1.165, 1.54) is 11.1 Å². The van der Waals surface area contributed by atoms with Gasteiger partial charge in [-0.2, -0.15) is 0 Å². The topological polar surface area (TPSA) is 20.3 Å². The standard InChI is InChI=1S/C19H18BrNO/c1-21(18-11-10-15-6-2-3-8-17(15)18)19(22)12-9-14-5-4-7-16(20)13-14/h2-9,12-13,18H,10-11H2,1H3/b12-9+. The maximum absolute atomic E-state index is 12.4. The summed E-state index contributed by atoms with van der Waals surface area (Å²) in [7, 11) is 1.89. The van der Waals surface area contributed by atoms with Gasteiger partial charge in [-0.05, 0) is 47.7 Å². The molecule has 3 rings (SSSR count). The van der Waals surface area contributed by atoms with Gasteiger partial charge in [0, 0.05) is 17.6 Å². The highest BCUT2D eigenvalue weighted by atomic mass is 79.9. The maximum atomic E-state index is 12.4. The van der Waals surface area contributed by atoms with E-state index in [0.717, 1.165) is 22.9 Å². The molecule has 0 aromatic heterocycles. The summed E-state index contributed by atoms with van der Waals surface area (Å²) in [5.74, 6) is 0.0432. The molecule has 0 N–H and O–H groups in total. The summed E-state index contributed by atoms with van der Waals surface area (Å²) in [6.45, 7) is 0. The van der Waals surface area contributed by atoms with Gasteiger partial charge < -0.3 is 4.90 Å². The lowest BCUT2D eigenvalue weighted by Gasteiger charge is -2.24. The van der Waals surface area contributed by atoms with Gasteiger partial charge in [0.1, 0.15) is 0 Å². The lowest BCUT2D eigenvalue weighted by molar-refractivity contribution is -0.126. The highest BCUT2D eigenvalue weighted by Crippen LogP contribution is 2.34. The molecule has 1 unspecified atom stereocenters. The largest absolute Gasteiger partial charge is 0.335 e. The molecule has 1 aliphatic carbocycles. The summed E-state index contributed by atoms with van der Waals surface area (Å²) in [5.41, 5.74) is 3.67. The number of rotatable bonds is 3. The molecule has 0 bridgehead atoms. The van der Waals surface area contributed by atoms with Crippen molar-refractivity contribution >= 4 is 27.9 Å². The monoisotopic (exact) mass is 355 g/mol. The number of nitrogens with zero attached hydrogens (tertiary/aromatic N) is 1. The fraction of sp³-hybridized carbons (Fsp3) is 0.211. The number of benzene rings is 2. The minimum atomic E-state index is 0.0432. The van der Waals surface area contributed by atoms with Crippen molar-refractivity contribution in [1.82, 2.24) is 4.90 Å². The Hall–Kier alpha value is -1.87. The Labute approximate surface area is 139 Å². The van der Waals surface area contributed by atoms with Crippen molar-refractivity contribution in [2.75, 3.05) is 7.05 Å². The predicted octanol–water partition coefficient (Wildman–Crippen LogP) is 4.61. The van der Waals surface area contributed by atoms with Gasteiger partial charge in [0.05, 0.1) is 6.04 Å². The third kappa shape index (κ3) is 3.14. The summed E-state index contributed by atoms with van der Waals surface area (Å²) in [4.78, 5) is 14.3. The molecule has 2 aromatic rings. The Morgan fingerprint density at radius 2 is 2.05 bits per heavy atom. The van der Waals surface area contributed by atoms with Crippen molar-refractivity contribution in [2.24, 2.45) is 0 Å². The van der Waals surface area contributed by atoms with Crippen LogP contribution in [0.3, 0.4) is 0 Å². The highest BCUT2D eigenvalue weighted by molar-refractivity contribution is 9.10. The Morgan fingerprint density at radius 3 is 2.86 bits per heavy atom. The average molecular weight is 356 g/mol. The van der Waals surface area contributed by atoms with Crippen LogP contribution in [0.4, 0.5) is 0 Å². The Balaban J connectivity index is 1.73. The third-order valence-corrected chi connectivity index (χ3v) is 4.68. The van der Waals surface area contributed by atoms with E-state index in [1.54, 1.807) is 6.08 Å². The zero-order valence-corrected chi connectivity index (χ0v) is 14.1. The highest BCUT2D eigenvalue weighted by Gasteiger charge is 2.27. The quantitative estimate of drug-likeness (QED) is 0.736. The van der Waals surface area contributed by atoms with Crippen molar-refractivity contribution < 1.29 is 4.79 Å². The molecule has 0 heterocycles. The lowest BCUT2D eigenvalue weighted by atomic mass is 10.1. The van der Waals surface area contributed by atoms with Crippen LogP contribution in [0.5, 0.6) is 0 Å². The maximum Gasteiger partial charge on any atom is 0.246 e. The lowest BCUT2D eigenvalue weighted by Crippen LogP contribution is -2.28. The average Bonchev–Trinajstić information content (AvgIpc) is 2.96. The Bertz CT molecular complexity index is 723. The van der Waals surface area contributed by atoms with E-state index in [4.69, 9.17) is 0 Å². The molecule has 0 radical (unpaired) electrons. The fourth-order valence-corrected chi connectivity index (χ4v) is 3.40. The van der Waals surface area contributed by atoms with Gasteiger partial charge in [-0.1, -0.05) is 52.3 Å². The number of carbonyl (C=O) groups is 1. The van der Waals surface area contributed by atoms with E-state index in [2.05, 4.69) is 34.1 Å². The van der Waals surface area contributed by atoms with Crippen LogP contribution in [0, 0.1) is 0 Å². The molecule has 2 nitrogen and oxygen atoms in total. The minimum absolute atomic E-state index is 0.0432. The number of aryl methyl sites for hydroxylation is 1. The molecular weight excluding hydrogens is 338 g/mol. The van der Waals surface area contributed by atoms with Crippen LogP contribution in [-0.4, -0.2) is 17.9 Å². The number of likely N-dealkylation sites (N-methyl/N-ethyl adjacent to an activating group) is 1. The molecule has 22 heavy (non-hydrogen) atoms. The molecule has 1 aliphatic rings. The first kappa shape index (κ1) is 15.0. The van der Waals surface area contributed by atoms with Crippen molar-refractivity contribution in [3.05, 3.63) is 75.8 Å².